The fraction of sp³-hybridized carbons (Fsp3) is 0.500. The molecular formula is C18H23NO4. The second-order valence-corrected chi connectivity index (χ2v) is 6.70. The van der Waals surface area contributed by atoms with Gasteiger partial charge in [0, 0.05) is 23.6 Å². The van der Waals surface area contributed by atoms with E-state index in [4.69, 9.17) is 9.15 Å². The van der Waals surface area contributed by atoms with Gasteiger partial charge in [-0.15, -0.1) is 0 Å². The third-order valence-electron chi connectivity index (χ3n) is 4.59. The van der Waals surface area contributed by atoms with Gasteiger partial charge in [-0.3, -0.25) is 4.79 Å². The van der Waals surface area contributed by atoms with E-state index < -0.39 is 5.60 Å². The summed E-state index contributed by atoms with van der Waals surface area (Å²) in [5.74, 6) is 0.763. The SMILES string of the molecule is COc1ccc2c(CC(=O)N3CCCC3C(C)(C)O)coc2c1. The number of rotatable bonds is 4. The maximum absolute atomic E-state index is 12.7. The van der Waals surface area contributed by atoms with Gasteiger partial charge >= 0.3 is 0 Å². The van der Waals surface area contributed by atoms with Gasteiger partial charge in [-0.1, -0.05) is 0 Å². The topological polar surface area (TPSA) is 62.9 Å². The maximum Gasteiger partial charge on any atom is 0.227 e. The van der Waals surface area contributed by atoms with Crippen LogP contribution in [0.25, 0.3) is 11.0 Å². The minimum absolute atomic E-state index is 0.0353. The molecular weight excluding hydrogens is 294 g/mol. The molecule has 1 atom stereocenters. The highest BCUT2D eigenvalue weighted by Gasteiger charge is 2.38. The number of nitrogens with zero attached hydrogens (tertiary/aromatic N) is 1. The number of ether oxygens (including phenoxy) is 1. The van der Waals surface area contributed by atoms with Crippen LogP contribution in [0.5, 0.6) is 5.75 Å². The Labute approximate surface area is 135 Å². The monoisotopic (exact) mass is 317 g/mol. The number of benzene rings is 1. The van der Waals surface area contributed by atoms with Gasteiger partial charge in [0.25, 0.3) is 0 Å². The summed E-state index contributed by atoms with van der Waals surface area (Å²) < 4.78 is 10.7. The Morgan fingerprint density at radius 3 is 2.96 bits per heavy atom. The molecule has 1 aromatic heterocycles. The van der Waals surface area contributed by atoms with Crippen LogP contribution in [0.1, 0.15) is 32.3 Å². The quantitative estimate of drug-likeness (QED) is 0.942. The molecule has 1 unspecified atom stereocenters. The lowest BCUT2D eigenvalue weighted by molar-refractivity contribution is -0.135. The minimum atomic E-state index is -0.877. The van der Waals surface area contributed by atoms with Crippen molar-refractivity contribution in [2.24, 2.45) is 0 Å². The smallest absolute Gasteiger partial charge is 0.227 e. The van der Waals surface area contributed by atoms with E-state index in [2.05, 4.69) is 0 Å². The zero-order valence-corrected chi connectivity index (χ0v) is 13.8. The van der Waals surface area contributed by atoms with Gasteiger partial charge in [0.05, 0.1) is 31.4 Å². The predicted molar refractivity (Wildman–Crippen MR) is 87.5 cm³/mol. The standard InChI is InChI=1S/C18H23NO4/c1-18(2,21)16-5-4-8-19(16)17(20)9-12-11-23-15-10-13(22-3)6-7-14(12)15/h6-7,10-11,16,21H,4-5,8-9H2,1-3H3. The molecule has 0 bridgehead atoms. The van der Waals surface area contributed by atoms with Crippen LogP contribution in [-0.4, -0.2) is 41.2 Å². The normalized spacial score (nSPS) is 18.6. The fourth-order valence-corrected chi connectivity index (χ4v) is 3.39. The molecule has 2 aromatic rings. The predicted octanol–water partition coefficient (Wildman–Crippen LogP) is 2.75. The zero-order valence-electron chi connectivity index (χ0n) is 13.8. The molecule has 23 heavy (non-hydrogen) atoms. The Balaban J connectivity index is 1.80. The van der Waals surface area contributed by atoms with E-state index >= 15 is 0 Å². The average molecular weight is 317 g/mol. The molecule has 1 amide bonds. The van der Waals surface area contributed by atoms with Gasteiger partial charge in [0.2, 0.25) is 5.91 Å². The molecule has 1 aliphatic rings. The number of carbonyl (C=O) groups excluding carboxylic acids is 1. The van der Waals surface area contributed by atoms with Crippen LogP contribution < -0.4 is 4.74 Å². The summed E-state index contributed by atoms with van der Waals surface area (Å²) in [6, 6.07) is 5.48. The van der Waals surface area contributed by atoms with Gasteiger partial charge in [-0.2, -0.15) is 0 Å². The Morgan fingerprint density at radius 2 is 2.26 bits per heavy atom. The second-order valence-electron chi connectivity index (χ2n) is 6.70. The van der Waals surface area contributed by atoms with Crippen molar-refractivity contribution in [3.05, 3.63) is 30.0 Å². The molecule has 124 valence electrons. The number of carbonyl (C=O) groups is 1. The summed E-state index contributed by atoms with van der Waals surface area (Å²) in [4.78, 5) is 14.5. The number of methoxy groups -OCH3 is 1. The van der Waals surface area contributed by atoms with Crippen LogP contribution in [0.15, 0.2) is 28.9 Å². The van der Waals surface area contributed by atoms with Crippen molar-refractivity contribution < 1.29 is 19.1 Å². The Morgan fingerprint density at radius 1 is 1.48 bits per heavy atom. The van der Waals surface area contributed by atoms with Crippen molar-refractivity contribution in [3.63, 3.8) is 0 Å². The highest BCUT2D eigenvalue weighted by molar-refractivity contribution is 5.88. The molecule has 0 spiro atoms. The minimum Gasteiger partial charge on any atom is -0.497 e. The van der Waals surface area contributed by atoms with Crippen molar-refractivity contribution >= 4 is 16.9 Å². The lowest BCUT2D eigenvalue weighted by Crippen LogP contribution is -2.48. The Kier molecular flexibility index (Phi) is 4.06. The van der Waals surface area contributed by atoms with Crippen LogP contribution in [0.4, 0.5) is 0 Å². The van der Waals surface area contributed by atoms with E-state index in [9.17, 15) is 9.90 Å². The van der Waals surface area contributed by atoms with E-state index in [1.807, 2.05) is 23.1 Å². The lowest BCUT2D eigenvalue weighted by Gasteiger charge is -2.33. The van der Waals surface area contributed by atoms with E-state index in [0.29, 0.717) is 12.1 Å². The Bertz CT molecular complexity index is 713. The third-order valence-corrected chi connectivity index (χ3v) is 4.59. The number of likely N-dealkylation sites (tertiary alicyclic amines) is 1. The number of hydrogen-bond donors (Lipinski definition) is 1. The molecule has 5 nitrogen and oxygen atoms in total. The summed E-state index contributed by atoms with van der Waals surface area (Å²) >= 11 is 0. The van der Waals surface area contributed by atoms with Gasteiger partial charge < -0.3 is 19.2 Å². The third kappa shape index (κ3) is 3.06. The molecule has 1 fully saturated rings. The summed E-state index contributed by atoms with van der Waals surface area (Å²) in [7, 11) is 1.61. The fourth-order valence-electron chi connectivity index (χ4n) is 3.39. The van der Waals surface area contributed by atoms with Crippen molar-refractivity contribution in [1.82, 2.24) is 4.90 Å². The first-order valence-electron chi connectivity index (χ1n) is 7.96. The molecule has 1 aliphatic heterocycles. The van der Waals surface area contributed by atoms with Crippen LogP contribution in [0.3, 0.4) is 0 Å². The first-order valence-corrected chi connectivity index (χ1v) is 7.96. The molecule has 1 aromatic carbocycles. The van der Waals surface area contributed by atoms with Crippen molar-refractivity contribution in [3.8, 4) is 5.75 Å². The van der Waals surface area contributed by atoms with Crippen LogP contribution in [-0.2, 0) is 11.2 Å². The number of fused-ring (bicyclic) bond motifs is 1. The van der Waals surface area contributed by atoms with Crippen LogP contribution in [0.2, 0.25) is 0 Å². The van der Waals surface area contributed by atoms with Crippen LogP contribution in [0, 0.1) is 0 Å². The summed E-state index contributed by atoms with van der Waals surface area (Å²) in [5, 5.41) is 11.2. The van der Waals surface area contributed by atoms with E-state index in [1.165, 1.54) is 0 Å². The highest BCUT2D eigenvalue weighted by atomic mass is 16.5. The number of hydrogen-bond acceptors (Lipinski definition) is 4. The van der Waals surface area contributed by atoms with E-state index in [0.717, 1.165) is 29.5 Å². The van der Waals surface area contributed by atoms with Crippen molar-refractivity contribution in [2.45, 2.75) is 44.8 Å². The van der Waals surface area contributed by atoms with Gasteiger partial charge in [0.1, 0.15) is 11.3 Å². The molecule has 0 radical (unpaired) electrons. The van der Waals surface area contributed by atoms with Gasteiger partial charge in [0.15, 0.2) is 0 Å². The molecule has 0 aliphatic carbocycles. The number of aliphatic hydroxyl groups is 1. The lowest BCUT2D eigenvalue weighted by atomic mass is 9.96. The molecule has 1 saturated heterocycles. The summed E-state index contributed by atoms with van der Waals surface area (Å²) in [5.41, 5.74) is 0.708. The molecule has 2 heterocycles. The Hall–Kier alpha value is -2.01. The zero-order chi connectivity index (χ0) is 16.6. The van der Waals surface area contributed by atoms with Gasteiger partial charge in [-0.25, -0.2) is 0 Å². The van der Waals surface area contributed by atoms with Crippen molar-refractivity contribution in [1.29, 1.82) is 0 Å². The average Bonchev–Trinajstić information content (AvgIpc) is 3.13. The summed E-state index contributed by atoms with van der Waals surface area (Å²) in [6.07, 6.45) is 3.70. The molecule has 3 rings (SSSR count). The number of amides is 1. The highest BCUT2D eigenvalue weighted by Crippen LogP contribution is 2.29. The van der Waals surface area contributed by atoms with Crippen molar-refractivity contribution in [2.75, 3.05) is 13.7 Å². The second kappa shape index (κ2) is 5.89. The van der Waals surface area contributed by atoms with Gasteiger partial charge in [-0.05, 0) is 38.8 Å². The van der Waals surface area contributed by atoms with E-state index in [1.54, 1.807) is 27.2 Å². The molecule has 1 N–H and O–H groups in total. The molecule has 5 heteroatoms. The first-order chi connectivity index (χ1) is 10.9. The number of furan rings is 1. The maximum atomic E-state index is 12.7. The van der Waals surface area contributed by atoms with E-state index in [-0.39, 0.29) is 18.4 Å². The summed E-state index contributed by atoms with van der Waals surface area (Å²) in [6.45, 7) is 4.24. The largest absolute Gasteiger partial charge is 0.497 e. The molecule has 0 saturated carbocycles. The first kappa shape index (κ1) is 15.9. The van der Waals surface area contributed by atoms with Crippen LogP contribution >= 0.6 is 0 Å².